The van der Waals surface area contributed by atoms with Crippen LogP contribution in [0.4, 0.5) is 13.2 Å². The molecule has 0 nitrogen and oxygen atoms in total. The van der Waals surface area contributed by atoms with E-state index in [0.29, 0.717) is 0 Å². The summed E-state index contributed by atoms with van der Waals surface area (Å²) in [6.07, 6.45) is 0.323. The van der Waals surface area contributed by atoms with Crippen LogP contribution in [-0.2, 0) is 0 Å². The lowest BCUT2D eigenvalue weighted by Gasteiger charge is -2.26. The second-order valence-corrected chi connectivity index (χ2v) is 3.15. The molecule has 0 amide bonds. The molecule has 68 valence electrons. The molecule has 0 saturated heterocycles. The number of rotatable bonds is 0. The molecule has 0 spiro atoms. The predicted octanol–water partition coefficient (Wildman–Crippen LogP) is 3.32. The molecule has 1 aliphatic carbocycles. The molecule has 2 atom stereocenters. The van der Waals surface area contributed by atoms with Crippen molar-refractivity contribution < 1.29 is 13.2 Å². The highest BCUT2D eigenvalue weighted by Gasteiger charge is 2.42. The van der Waals surface area contributed by atoms with Gasteiger partial charge in [-0.05, 0) is 12.8 Å². The van der Waals surface area contributed by atoms with Crippen molar-refractivity contribution >= 4 is 0 Å². The summed E-state index contributed by atoms with van der Waals surface area (Å²) in [5.41, 5.74) is 0.792. The Hall–Kier alpha value is -0.730. The Labute approximate surface area is 69.8 Å². The number of alkyl halides is 3. The van der Waals surface area contributed by atoms with Crippen molar-refractivity contribution in [1.29, 1.82) is 0 Å². The van der Waals surface area contributed by atoms with Gasteiger partial charge < -0.3 is 0 Å². The second-order valence-electron chi connectivity index (χ2n) is 3.15. The zero-order chi connectivity index (χ0) is 9.35. The maximum Gasteiger partial charge on any atom is 0.395 e. The molecule has 0 fully saturated rings. The van der Waals surface area contributed by atoms with Crippen LogP contribution in [0.5, 0.6) is 0 Å². The van der Waals surface area contributed by atoms with Gasteiger partial charge in [-0.2, -0.15) is 13.2 Å². The van der Waals surface area contributed by atoms with Crippen molar-refractivity contribution in [3.05, 3.63) is 23.8 Å². The second kappa shape index (κ2) is 2.96. The fraction of sp³-hybridized carbons (Fsp3) is 0.556. The van der Waals surface area contributed by atoms with Gasteiger partial charge in [0.15, 0.2) is 0 Å². The smallest absolute Gasteiger partial charge is 0.170 e. The molecule has 0 bridgehead atoms. The summed E-state index contributed by atoms with van der Waals surface area (Å²) in [6.45, 7) is 3.33. The Morgan fingerprint density at radius 1 is 1.33 bits per heavy atom. The minimum Gasteiger partial charge on any atom is -0.170 e. The molecule has 3 heteroatoms. The molecule has 0 aromatic carbocycles. The monoisotopic (exact) mass is 176 g/mol. The van der Waals surface area contributed by atoms with Crippen LogP contribution in [0.25, 0.3) is 0 Å². The normalized spacial score (nSPS) is 30.2. The number of hydrogen-bond acceptors (Lipinski definition) is 0. The standard InChI is InChI=1S/C9H11F3/c1-6-4-3-5-8(7(6)2)9(10,11)12/h3-5,7-8H,1-2H3. The van der Waals surface area contributed by atoms with Crippen molar-refractivity contribution in [2.45, 2.75) is 20.0 Å². The number of allylic oxidation sites excluding steroid dienone is 4. The van der Waals surface area contributed by atoms with Gasteiger partial charge in [-0.1, -0.05) is 30.7 Å². The van der Waals surface area contributed by atoms with Gasteiger partial charge in [-0.15, -0.1) is 0 Å². The van der Waals surface area contributed by atoms with E-state index in [1.165, 1.54) is 12.2 Å². The fourth-order valence-electron chi connectivity index (χ4n) is 1.32. The van der Waals surface area contributed by atoms with Gasteiger partial charge in [0, 0.05) is 0 Å². The SMILES string of the molecule is CC1=CC=CC(C(F)(F)F)C1C. The van der Waals surface area contributed by atoms with Crippen LogP contribution < -0.4 is 0 Å². The summed E-state index contributed by atoms with van der Waals surface area (Å²) in [5.74, 6) is -1.72. The highest BCUT2D eigenvalue weighted by Crippen LogP contribution is 2.38. The van der Waals surface area contributed by atoms with E-state index in [4.69, 9.17) is 0 Å². The van der Waals surface area contributed by atoms with Gasteiger partial charge in [-0.25, -0.2) is 0 Å². The summed E-state index contributed by atoms with van der Waals surface area (Å²) >= 11 is 0. The van der Waals surface area contributed by atoms with E-state index >= 15 is 0 Å². The largest absolute Gasteiger partial charge is 0.395 e. The van der Waals surface area contributed by atoms with Crippen molar-refractivity contribution in [3.63, 3.8) is 0 Å². The van der Waals surface area contributed by atoms with E-state index in [1.54, 1.807) is 19.9 Å². The van der Waals surface area contributed by atoms with Gasteiger partial charge >= 0.3 is 6.18 Å². The molecular weight excluding hydrogens is 165 g/mol. The van der Waals surface area contributed by atoms with Gasteiger partial charge in [0.2, 0.25) is 0 Å². The number of hydrogen-bond donors (Lipinski definition) is 0. The maximum atomic E-state index is 12.3. The lowest BCUT2D eigenvalue weighted by molar-refractivity contribution is -0.169. The van der Waals surface area contributed by atoms with Crippen LogP contribution in [0.1, 0.15) is 13.8 Å². The Morgan fingerprint density at radius 3 is 2.33 bits per heavy atom. The third-order valence-corrected chi connectivity index (χ3v) is 2.31. The minimum atomic E-state index is -4.11. The molecule has 0 N–H and O–H groups in total. The van der Waals surface area contributed by atoms with E-state index in [1.807, 2.05) is 0 Å². The van der Waals surface area contributed by atoms with Gasteiger partial charge in [0.25, 0.3) is 0 Å². The lowest BCUT2D eigenvalue weighted by Crippen LogP contribution is -2.28. The lowest BCUT2D eigenvalue weighted by atomic mass is 9.84. The predicted molar refractivity (Wildman–Crippen MR) is 41.6 cm³/mol. The Morgan fingerprint density at radius 2 is 1.92 bits per heavy atom. The summed E-state index contributed by atoms with van der Waals surface area (Å²) in [7, 11) is 0. The molecule has 1 aliphatic rings. The Balaban J connectivity index is 2.84. The van der Waals surface area contributed by atoms with Crippen LogP contribution >= 0.6 is 0 Å². The summed E-state index contributed by atoms with van der Waals surface area (Å²) < 4.78 is 36.9. The summed E-state index contributed by atoms with van der Waals surface area (Å²) in [6, 6.07) is 0. The third-order valence-electron chi connectivity index (χ3n) is 2.31. The van der Waals surface area contributed by atoms with E-state index in [-0.39, 0.29) is 0 Å². The van der Waals surface area contributed by atoms with Crippen LogP contribution in [0.3, 0.4) is 0 Å². The summed E-state index contributed by atoms with van der Waals surface area (Å²) in [5, 5.41) is 0. The van der Waals surface area contributed by atoms with Crippen LogP contribution in [0.15, 0.2) is 23.8 Å². The van der Waals surface area contributed by atoms with E-state index < -0.39 is 18.0 Å². The molecule has 2 unspecified atom stereocenters. The first kappa shape index (κ1) is 9.36. The highest BCUT2D eigenvalue weighted by molar-refractivity contribution is 5.21. The van der Waals surface area contributed by atoms with Crippen molar-refractivity contribution in [2.75, 3.05) is 0 Å². The highest BCUT2D eigenvalue weighted by atomic mass is 19.4. The number of halogens is 3. The van der Waals surface area contributed by atoms with Crippen LogP contribution in [0, 0.1) is 11.8 Å². The third kappa shape index (κ3) is 1.71. The van der Waals surface area contributed by atoms with Crippen molar-refractivity contribution in [2.24, 2.45) is 11.8 Å². The molecule has 0 saturated carbocycles. The zero-order valence-electron chi connectivity index (χ0n) is 7.02. The first-order valence-corrected chi connectivity index (χ1v) is 3.84. The molecule has 0 aromatic rings. The average Bonchev–Trinajstić information content (AvgIpc) is 1.92. The molecule has 0 aliphatic heterocycles. The average molecular weight is 176 g/mol. The molecule has 0 heterocycles. The van der Waals surface area contributed by atoms with Crippen LogP contribution in [0.2, 0.25) is 0 Å². The molecule has 0 aromatic heterocycles. The maximum absolute atomic E-state index is 12.3. The molecule has 12 heavy (non-hydrogen) atoms. The minimum absolute atomic E-state index is 0.421. The quantitative estimate of drug-likeness (QED) is 0.531. The Kier molecular flexibility index (Phi) is 2.31. The first-order chi connectivity index (χ1) is 5.43. The summed E-state index contributed by atoms with van der Waals surface area (Å²) in [4.78, 5) is 0. The van der Waals surface area contributed by atoms with Gasteiger partial charge in [-0.3, -0.25) is 0 Å². The first-order valence-electron chi connectivity index (χ1n) is 3.84. The topological polar surface area (TPSA) is 0 Å². The Bertz CT molecular complexity index is 222. The van der Waals surface area contributed by atoms with Gasteiger partial charge in [0.1, 0.15) is 0 Å². The molecule has 1 rings (SSSR count). The molecule has 0 radical (unpaired) electrons. The van der Waals surface area contributed by atoms with Crippen molar-refractivity contribution in [1.82, 2.24) is 0 Å². The fourth-order valence-corrected chi connectivity index (χ4v) is 1.32. The van der Waals surface area contributed by atoms with Crippen LogP contribution in [-0.4, -0.2) is 6.18 Å². The zero-order valence-corrected chi connectivity index (χ0v) is 7.02. The van der Waals surface area contributed by atoms with E-state index in [9.17, 15) is 13.2 Å². The molecular formula is C9H11F3. The van der Waals surface area contributed by atoms with E-state index in [0.717, 1.165) is 5.57 Å². The van der Waals surface area contributed by atoms with Gasteiger partial charge in [0.05, 0.1) is 5.92 Å². The van der Waals surface area contributed by atoms with Crippen molar-refractivity contribution in [3.8, 4) is 0 Å². The van der Waals surface area contributed by atoms with E-state index in [2.05, 4.69) is 0 Å².